The second kappa shape index (κ2) is 7.92. The minimum atomic E-state index is -4.44. The number of alkyl halides is 3. The van der Waals surface area contributed by atoms with E-state index >= 15 is 0 Å². The number of hydrogen-bond acceptors (Lipinski definition) is 3. The number of amides is 1. The fourth-order valence-corrected chi connectivity index (χ4v) is 3.07. The lowest BCUT2D eigenvalue weighted by Gasteiger charge is -2.27. The fourth-order valence-electron chi connectivity index (χ4n) is 3.07. The maximum Gasteiger partial charge on any atom is 0.417 e. The summed E-state index contributed by atoms with van der Waals surface area (Å²) in [6, 6.07) is 9.32. The predicted octanol–water partition coefficient (Wildman–Crippen LogP) is 5.44. The summed E-state index contributed by atoms with van der Waals surface area (Å²) < 4.78 is 43.4. The first-order chi connectivity index (χ1) is 13.2. The average molecular weight is 392 g/mol. The van der Waals surface area contributed by atoms with E-state index in [9.17, 15) is 18.0 Å². The molecular formula is C20H19F3N2O3. The topological polar surface area (TPSA) is 62.7 Å². The number of hydrogen-bond donors (Lipinski definition) is 1. The van der Waals surface area contributed by atoms with E-state index in [1.54, 1.807) is 18.2 Å². The summed E-state index contributed by atoms with van der Waals surface area (Å²) in [4.78, 5) is 16.1. The smallest absolute Gasteiger partial charge is 0.417 e. The zero-order valence-corrected chi connectivity index (χ0v) is 15.2. The molecule has 0 atom stereocenters. The van der Waals surface area contributed by atoms with Crippen molar-refractivity contribution in [1.29, 1.82) is 0 Å². The second-order valence-electron chi connectivity index (χ2n) is 6.51. The Hall–Kier alpha value is -3.03. The maximum atomic E-state index is 12.6. The minimum Gasteiger partial charge on any atom is -0.465 e. The molecule has 1 aromatic carbocycles. The van der Waals surface area contributed by atoms with Crippen molar-refractivity contribution in [1.82, 2.24) is 9.88 Å². The first kappa shape index (κ1) is 19.7. The monoisotopic (exact) mass is 392 g/mol. The lowest BCUT2D eigenvalue weighted by Crippen LogP contribution is -2.35. The van der Waals surface area contributed by atoms with Gasteiger partial charge < -0.3 is 14.7 Å². The van der Waals surface area contributed by atoms with Crippen molar-refractivity contribution in [2.24, 2.45) is 0 Å². The van der Waals surface area contributed by atoms with Crippen LogP contribution in [0.5, 0.6) is 11.6 Å². The summed E-state index contributed by atoms with van der Waals surface area (Å²) >= 11 is 0. The predicted molar refractivity (Wildman–Crippen MR) is 97.2 cm³/mol. The number of halogens is 3. The molecule has 2 aromatic rings. The lowest BCUT2D eigenvalue weighted by molar-refractivity contribution is -0.137. The van der Waals surface area contributed by atoms with E-state index in [0.29, 0.717) is 31.7 Å². The molecular weight excluding hydrogens is 373 g/mol. The summed E-state index contributed by atoms with van der Waals surface area (Å²) in [5.41, 5.74) is 2.32. The van der Waals surface area contributed by atoms with Gasteiger partial charge in [0, 0.05) is 25.4 Å². The Kier molecular flexibility index (Phi) is 5.58. The van der Waals surface area contributed by atoms with E-state index in [1.165, 1.54) is 16.5 Å². The van der Waals surface area contributed by atoms with Gasteiger partial charge in [0.1, 0.15) is 5.75 Å². The van der Waals surface area contributed by atoms with Crippen LogP contribution in [-0.2, 0) is 6.18 Å². The first-order valence-electron chi connectivity index (χ1n) is 8.72. The van der Waals surface area contributed by atoms with Gasteiger partial charge in [-0.25, -0.2) is 9.78 Å². The van der Waals surface area contributed by atoms with E-state index in [4.69, 9.17) is 9.84 Å². The maximum absolute atomic E-state index is 12.6. The summed E-state index contributed by atoms with van der Waals surface area (Å²) in [6.45, 7) is 2.91. The Bertz CT molecular complexity index is 882. The van der Waals surface area contributed by atoms with Gasteiger partial charge in [-0.15, -0.1) is 0 Å². The summed E-state index contributed by atoms with van der Waals surface area (Å²) in [7, 11) is 0. The van der Waals surface area contributed by atoms with Crippen LogP contribution in [0.1, 0.15) is 30.9 Å². The highest BCUT2D eigenvalue weighted by molar-refractivity contribution is 5.69. The number of ether oxygens (including phenoxy) is 1. The Balaban J connectivity index is 1.74. The number of nitrogens with zero attached hydrogens (tertiary/aromatic N) is 2. The Labute approximate surface area is 160 Å². The van der Waals surface area contributed by atoms with Crippen LogP contribution in [0.4, 0.5) is 18.0 Å². The third-order valence-corrected chi connectivity index (χ3v) is 4.72. The number of rotatable bonds is 3. The van der Waals surface area contributed by atoms with Crippen molar-refractivity contribution < 1.29 is 27.8 Å². The SMILES string of the molecule is CC(=C1CCN(C(=O)O)CC1)c1cccc(Oc2ccc(C(F)(F)F)cn2)c1. The average Bonchev–Trinajstić information content (AvgIpc) is 2.67. The van der Waals surface area contributed by atoms with E-state index in [1.807, 2.05) is 13.0 Å². The van der Waals surface area contributed by atoms with Crippen LogP contribution in [0, 0.1) is 0 Å². The van der Waals surface area contributed by atoms with Crippen LogP contribution < -0.4 is 4.74 Å². The van der Waals surface area contributed by atoms with Crippen molar-refractivity contribution >= 4 is 11.7 Å². The number of allylic oxidation sites excluding steroid dienone is 1. The highest BCUT2D eigenvalue weighted by Crippen LogP contribution is 2.31. The third-order valence-electron chi connectivity index (χ3n) is 4.72. The normalized spacial score (nSPS) is 14.7. The second-order valence-corrected chi connectivity index (χ2v) is 6.51. The molecule has 0 radical (unpaired) electrons. The molecule has 2 heterocycles. The molecule has 0 aliphatic carbocycles. The zero-order chi connectivity index (χ0) is 20.3. The van der Waals surface area contributed by atoms with Gasteiger partial charge >= 0.3 is 12.3 Å². The van der Waals surface area contributed by atoms with Crippen LogP contribution in [0.3, 0.4) is 0 Å². The molecule has 5 nitrogen and oxygen atoms in total. The molecule has 0 bridgehead atoms. The fraction of sp³-hybridized carbons (Fsp3) is 0.300. The van der Waals surface area contributed by atoms with Crippen LogP contribution >= 0.6 is 0 Å². The molecule has 1 aliphatic rings. The van der Waals surface area contributed by atoms with E-state index < -0.39 is 17.8 Å². The van der Waals surface area contributed by atoms with E-state index in [2.05, 4.69) is 4.98 Å². The number of aromatic nitrogens is 1. The van der Waals surface area contributed by atoms with Gasteiger partial charge in [0.15, 0.2) is 0 Å². The van der Waals surface area contributed by atoms with Gasteiger partial charge in [0.05, 0.1) is 5.56 Å². The quantitative estimate of drug-likeness (QED) is 0.756. The van der Waals surface area contributed by atoms with Crippen LogP contribution in [0.15, 0.2) is 48.2 Å². The number of benzene rings is 1. The molecule has 1 amide bonds. The van der Waals surface area contributed by atoms with Gasteiger partial charge in [-0.1, -0.05) is 17.7 Å². The summed E-state index contributed by atoms with van der Waals surface area (Å²) in [6.07, 6.45) is -3.27. The van der Waals surface area contributed by atoms with E-state index in [-0.39, 0.29) is 5.88 Å². The van der Waals surface area contributed by atoms with Crippen molar-refractivity contribution in [3.63, 3.8) is 0 Å². The molecule has 1 saturated heterocycles. The molecule has 8 heteroatoms. The van der Waals surface area contributed by atoms with Gasteiger partial charge in [0.2, 0.25) is 5.88 Å². The molecule has 0 saturated carbocycles. The molecule has 1 aromatic heterocycles. The van der Waals surface area contributed by atoms with Crippen molar-refractivity contribution in [3.8, 4) is 11.6 Å². The van der Waals surface area contributed by atoms with Crippen molar-refractivity contribution in [2.45, 2.75) is 25.9 Å². The molecule has 1 aliphatic heterocycles. The third kappa shape index (κ3) is 4.62. The van der Waals surface area contributed by atoms with E-state index in [0.717, 1.165) is 23.4 Å². The van der Waals surface area contributed by atoms with Gasteiger partial charge in [-0.05, 0) is 49.1 Å². The molecule has 0 spiro atoms. The number of carbonyl (C=O) groups is 1. The molecule has 3 rings (SSSR count). The highest BCUT2D eigenvalue weighted by atomic mass is 19.4. The standard InChI is InChI=1S/C20H19F3N2O3/c1-13(14-7-9-25(10-8-14)19(26)27)15-3-2-4-17(11-15)28-18-6-5-16(12-24-18)20(21,22)23/h2-6,11-12H,7-10H2,1H3,(H,26,27). The zero-order valence-electron chi connectivity index (χ0n) is 15.2. The van der Waals surface area contributed by atoms with Gasteiger partial charge in [-0.3, -0.25) is 0 Å². The summed E-state index contributed by atoms with van der Waals surface area (Å²) in [5.74, 6) is 0.540. The Morgan fingerprint density at radius 3 is 2.46 bits per heavy atom. The Morgan fingerprint density at radius 1 is 1.18 bits per heavy atom. The Morgan fingerprint density at radius 2 is 1.89 bits per heavy atom. The lowest BCUT2D eigenvalue weighted by atomic mass is 9.94. The minimum absolute atomic E-state index is 0.0743. The largest absolute Gasteiger partial charge is 0.465 e. The van der Waals surface area contributed by atoms with Gasteiger partial charge in [-0.2, -0.15) is 13.2 Å². The van der Waals surface area contributed by atoms with Crippen LogP contribution in [0.25, 0.3) is 5.57 Å². The number of carboxylic acid groups (broad SMARTS) is 1. The van der Waals surface area contributed by atoms with Crippen LogP contribution in [0.2, 0.25) is 0 Å². The molecule has 1 N–H and O–H groups in total. The molecule has 148 valence electrons. The number of likely N-dealkylation sites (tertiary alicyclic amines) is 1. The first-order valence-corrected chi connectivity index (χ1v) is 8.72. The van der Waals surface area contributed by atoms with Crippen molar-refractivity contribution in [3.05, 3.63) is 59.3 Å². The number of pyridine rings is 1. The number of piperidine rings is 1. The summed E-state index contributed by atoms with van der Waals surface area (Å²) in [5, 5.41) is 9.04. The van der Waals surface area contributed by atoms with Crippen molar-refractivity contribution in [2.75, 3.05) is 13.1 Å². The van der Waals surface area contributed by atoms with Crippen LogP contribution in [-0.4, -0.2) is 34.2 Å². The highest BCUT2D eigenvalue weighted by Gasteiger charge is 2.30. The molecule has 28 heavy (non-hydrogen) atoms. The molecule has 1 fully saturated rings. The van der Waals surface area contributed by atoms with Gasteiger partial charge in [0.25, 0.3) is 0 Å². The molecule has 0 unspecified atom stereocenters.